The molecule has 0 bridgehead atoms. The van der Waals surface area contributed by atoms with Crippen LogP contribution in [0.4, 0.5) is 13.6 Å². The van der Waals surface area contributed by atoms with Crippen LogP contribution in [0, 0.1) is 11.6 Å². The van der Waals surface area contributed by atoms with Crippen molar-refractivity contribution in [2.45, 2.75) is 6.92 Å². The number of hydrogen-bond acceptors (Lipinski definition) is 2. The molecule has 0 aliphatic rings. The van der Waals surface area contributed by atoms with Gasteiger partial charge in [-0.05, 0) is 19.1 Å². The second-order valence-electron chi connectivity index (χ2n) is 3.67. The number of amides is 3. The molecule has 0 saturated carbocycles. The summed E-state index contributed by atoms with van der Waals surface area (Å²) in [6, 6.07) is 2.37. The predicted molar refractivity (Wildman–Crippen MR) is 65.8 cm³/mol. The molecule has 0 aliphatic heterocycles. The van der Waals surface area contributed by atoms with E-state index in [1.807, 2.05) is 0 Å². The van der Waals surface area contributed by atoms with E-state index in [1.54, 1.807) is 6.92 Å². The second kappa shape index (κ2) is 7.30. The van der Waals surface area contributed by atoms with Crippen LogP contribution in [0.5, 0.6) is 0 Å². The molecule has 3 amide bonds. The van der Waals surface area contributed by atoms with Crippen LogP contribution in [-0.2, 0) is 0 Å². The molecule has 0 unspecified atom stereocenters. The van der Waals surface area contributed by atoms with E-state index in [2.05, 4.69) is 16.0 Å². The summed E-state index contributed by atoms with van der Waals surface area (Å²) in [7, 11) is 0. The van der Waals surface area contributed by atoms with Crippen LogP contribution in [-0.4, -0.2) is 31.6 Å². The van der Waals surface area contributed by atoms with Gasteiger partial charge in [0.05, 0.1) is 5.56 Å². The van der Waals surface area contributed by atoms with Gasteiger partial charge in [0.1, 0.15) is 11.6 Å². The van der Waals surface area contributed by atoms with Gasteiger partial charge in [0.25, 0.3) is 5.91 Å². The number of urea groups is 1. The van der Waals surface area contributed by atoms with Gasteiger partial charge in [-0.3, -0.25) is 4.79 Å². The Balaban J connectivity index is 2.37. The number of carbonyl (C=O) groups is 2. The lowest BCUT2D eigenvalue weighted by atomic mass is 10.2. The zero-order chi connectivity index (χ0) is 14.3. The second-order valence-corrected chi connectivity index (χ2v) is 3.67. The normalized spacial score (nSPS) is 9.84. The molecule has 7 heteroatoms. The first-order valence-corrected chi connectivity index (χ1v) is 5.79. The van der Waals surface area contributed by atoms with Crippen molar-refractivity contribution < 1.29 is 18.4 Å². The highest BCUT2D eigenvalue weighted by Crippen LogP contribution is 2.08. The van der Waals surface area contributed by atoms with E-state index in [1.165, 1.54) is 0 Å². The van der Waals surface area contributed by atoms with Crippen molar-refractivity contribution in [3.05, 3.63) is 35.4 Å². The first-order chi connectivity index (χ1) is 9.04. The van der Waals surface area contributed by atoms with E-state index >= 15 is 0 Å². The molecular formula is C12H15F2N3O2. The van der Waals surface area contributed by atoms with Crippen molar-refractivity contribution in [3.63, 3.8) is 0 Å². The lowest BCUT2D eigenvalue weighted by molar-refractivity contribution is 0.0949. The summed E-state index contributed by atoms with van der Waals surface area (Å²) >= 11 is 0. The average molecular weight is 271 g/mol. The highest BCUT2D eigenvalue weighted by atomic mass is 19.1. The van der Waals surface area contributed by atoms with E-state index < -0.39 is 17.5 Å². The SMILES string of the molecule is CCNC(=O)NCCNC(=O)c1ccc(F)cc1F. The monoisotopic (exact) mass is 271 g/mol. The number of rotatable bonds is 5. The summed E-state index contributed by atoms with van der Waals surface area (Å²) in [5.41, 5.74) is -0.237. The van der Waals surface area contributed by atoms with Crippen LogP contribution in [0.2, 0.25) is 0 Å². The zero-order valence-corrected chi connectivity index (χ0v) is 10.4. The van der Waals surface area contributed by atoms with Crippen LogP contribution < -0.4 is 16.0 Å². The molecule has 104 valence electrons. The summed E-state index contributed by atoms with van der Waals surface area (Å²) in [4.78, 5) is 22.6. The van der Waals surface area contributed by atoms with E-state index in [0.717, 1.165) is 12.1 Å². The van der Waals surface area contributed by atoms with Gasteiger partial charge in [0, 0.05) is 25.7 Å². The Bertz CT molecular complexity index is 466. The molecule has 0 spiro atoms. The standard InChI is InChI=1S/C12H15F2N3O2/c1-2-15-12(19)17-6-5-16-11(18)9-4-3-8(13)7-10(9)14/h3-4,7H,2,5-6H2,1H3,(H,16,18)(H2,15,17,19). The molecule has 1 aromatic rings. The van der Waals surface area contributed by atoms with E-state index in [4.69, 9.17) is 0 Å². The predicted octanol–water partition coefficient (Wildman–Crippen LogP) is 1.01. The number of carbonyl (C=O) groups excluding carboxylic acids is 2. The lowest BCUT2D eigenvalue weighted by Crippen LogP contribution is -2.40. The third kappa shape index (κ3) is 4.90. The summed E-state index contributed by atoms with van der Waals surface area (Å²) in [5, 5.41) is 7.42. The first-order valence-electron chi connectivity index (χ1n) is 5.79. The highest BCUT2D eigenvalue weighted by molar-refractivity contribution is 5.94. The van der Waals surface area contributed by atoms with Gasteiger partial charge in [-0.2, -0.15) is 0 Å². The van der Waals surface area contributed by atoms with Crippen LogP contribution in [0.15, 0.2) is 18.2 Å². The van der Waals surface area contributed by atoms with Gasteiger partial charge in [-0.15, -0.1) is 0 Å². The number of benzene rings is 1. The molecule has 19 heavy (non-hydrogen) atoms. The summed E-state index contributed by atoms with van der Waals surface area (Å²) < 4.78 is 25.9. The molecule has 3 N–H and O–H groups in total. The molecule has 0 radical (unpaired) electrons. The number of nitrogens with one attached hydrogen (secondary N) is 3. The van der Waals surface area contributed by atoms with E-state index in [-0.39, 0.29) is 24.7 Å². The van der Waals surface area contributed by atoms with Crippen molar-refractivity contribution in [2.24, 2.45) is 0 Å². The fourth-order valence-electron chi connectivity index (χ4n) is 1.34. The molecule has 0 aromatic heterocycles. The van der Waals surface area contributed by atoms with Crippen molar-refractivity contribution in [2.75, 3.05) is 19.6 Å². The van der Waals surface area contributed by atoms with Gasteiger partial charge in [0.2, 0.25) is 0 Å². The Morgan fingerprint density at radius 3 is 2.42 bits per heavy atom. The molecule has 1 rings (SSSR count). The maximum atomic E-state index is 13.3. The third-order valence-electron chi connectivity index (χ3n) is 2.21. The Morgan fingerprint density at radius 2 is 1.79 bits per heavy atom. The average Bonchev–Trinajstić information content (AvgIpc) is 2.34. The minimum Gasteiger partial charge on any atom is -0.350 e. The van der Waals surface area contributed by atoms with Crippen molar-refractivity contribution in [1.29, 1.82) is 0 Å². The molecule has 1 aromatic carbocycles. The summed E-state index contributed by atoms with van der Waals surface area (Å²) in [6.45, 7) is 2.63. The van der Waals surface area contributed by atoms with Crippen molar-refractivity contribution >= 4 is 11.9 Å². The molecule has 0 atom stereocenters. The van der Waals surface area contributed by atoms with Crippen LogP contribution in [0.3, 0.4) is 0 Å². The van der Waals surface area contributed by atoms with Gasteiger partial charge in [0.15, 0.2) is 0 Å². The fraction of sp³-hybridized carbons (Fsp3) is 0.333. The largest absolute Gasteiger partial charge is 0.350 e. The van der Waals surface area contributed by atoms with Crippen LogP contribution in [0.25, 0.3) is 0 Å². The smallest absolute Gasteiger partial charge is 0.314 e. The molecule has 0 saturated heterocycles. The maximum absolute atomic E-state index is 13.3. The van der Waals surface area contributed by atoms with Gasteiger partial charge in [-0.25, -0.2) is 13.6 Å². The Hall–Kier alpha value is -2.18. The summed E-state index contributed by atoms with van der Waals surface area (Å²) in [5.74, 6) is -2.32. The molecule has 0 fully saturated rings. The Morgan fingerprint density at radius 1 is 1.11 bits per heavy atom. The van der Waals surface area contributed by atoms with Gasteiger partial charge in [-0.1, -0.05) is 0 Å². The molecule has 5 nitrogen and oxygen atoms in total. The molecular weight excluding hydrogens is 256 g/mol. The van der Waals surface area contributed by atoms with Crippen LogP contribution >= 0.6 is 0 Å². The van der Waals surface area contributed by atoms with E-state index in [0.29, 0.717) is 12.6 Å². The summed E-state index contributed by atoms with van der Waals surface area (Å²) in [6.07, 6.45) is 0. The van der Waals surface area contributed by atoms with E-state index in [9.17, 15) is 18.4 Å². The Labute approximate surface area is 109 Å². The van der Waals surface area contributed by atoms with Crippen LogP contribution in [0.1, 0.15) is 17.3 Å². The zero-order valence-electron chi connectivity index (χ0n) is 10.4. The minimum atomic E-state index is -0.922. The number of halogens is 2. The topological polar surface area (TPSA) is 70.2 Å². The number of hydrogen-bond donors (Lipinski definition) is 3. The lowest BCUT2D eigenvalue weighted by Gasteiger charge is -2.08. The minimum absolute atomic E-state index is 0.146. The highest BCUT2D eigenvalue weighted by Gasteiger charge is 2.11. The molecule has 0 aliphatic carbocycles. The first kappa shape index (κ1) is 14.9. The van der Waals surface area contributed by atoms with Crippen molar-refractivity contribution in [1.82, 2.24) is 16.0 Å². The quantitative estimate of drug-likeness (QED) is 0.700. The van der Waals surface area contributed by atoms with Crippen molar-refractivity contribution in [3.8, 4) is 0 Å². The molecule has 0 heterocycles. The Kier molecular flexibility index (Phi) is 5.72. The maximum Gasteiger partial charge on any atom is 0.314 e. The third-order valence-corrected chi connectivity index (χ3v) is 2.21. The van der Waals surface area contributed by atoms with Gasteiger partial charge < -0.3 is 16.0 Å². The fourth-order valence-corrected chi connectivity index (χ4v) is 1.34. The van der Waals surface area contributed by atoms with Gasteiger partial charge >= 0.3 is 6.03 Å².